The summed E-state index contributed by atoms with van der Waals surface area (Å²) in [7, 11) is 0. The quantitative estimate of drug-likeness (QED) is 0.765. The van der Waals surface area contributed by atoms with E-state index in [4.69, 9.17) is 4.42 Å². The minimum absolute atomic E-state index is 0.978. The molecule has 0 bridgehead atoms. The van der Waals surface area contributed by atoms with Crippen molar-refractivity contribution in [1.82, 2.24) is 5.32 Å². The van der Waals surface area contributed by atoms with Crippen LogP contribution < -0.4 is 10.2 Å². The van der Waals surface area contributed by atoms with Crippen LogP contribution in [-0.4, -0.2) is 26.2 Å². The van der Waals surface area contributed by atoms with E-state index in [0.29, 0.717) is 0 Å². The predicted octanol–water partition coefficient (Wildman–Crippen LogP) is 1.84. The van der Waals surface area contributed by atoms with Crippen molar-refractivity contribution in [2.24, 2.45) is 0 Å². The standard InChI is InChI=1S/C12H14N2O/c1-2-11(14-7-5-13-6-8-14)10-4-9-15-12(10)3-1/h1-4,9,13H,5-8H2. The highest BCUT2D eigenvalue weighted by molar-refractivity contribution is 5.91. The summed E-state index contributed by atoms with van der Waals surface area (Å²) < 4.78 is 5.41. The van der Waals surface area contributed by atoms with Gasteiger partial charge in [0.25, 0.3) is 0 Å². The molecule has 0 unspecified atom stereocenters. The molecule has 1 aromatic carbocycles. The molecule has 3 nitrogen and oxygen atoms in total. The van der Waals surface area contributed by atoms with Gasteiger partial charge in [-0.2, -0.15) is 0 Å². The van der Waals surface area contributed by atoms with Gasteiger partial charge in [0.1, 0.15) is 5.58 Å². The first kappa shape index (κ1) is 8.80. The lowest BCUT2D eigenvalue weighted by Gasteiger charge is -2.29. The smallest absolute Gasteiger partial charge is 0.135 e. The van der Waals surface area contributed by atoms with Crippen molar-refractivity contribution < 1.29 is 4.42 Å². The third-order valence-electron chi connectivity index (χ3n) is 2.93. The molecule has 0 radical (unpaired) electrons. The minimum Gasteiger partial charge on any atom is -0.464 e. The summed E-state index contributed by atoms with van der Waals surface area (Å²) in [5.41, 5.74) is 2.27. The van der Waals surface area contributed by atoms with Crippen molar-refractivity contribution in [2.75, 3.05) is 31.1 Å². The fourth-order valence-electron chi connectivity index (χ4n) is 2.16. The van der Waals surface area contributed by atoms with Crippen LogP contribution in [0.4, 0.5) is 5.69 Å². The number of rotatable bonds is 1. The molecule has 0 spiro atoms. The van der Waals surface area contributed by atoms with Gasteiger partial charge in [0.2, 0.25) is 0 Å². The van der Waals surface area contributed by atoms with Crippen LogP contribution in [0.5, 0.6) is 0 Å². The van der Waals surface area contributed by atoms with Crippen LogP contribution in [0.2, 0.25) is 0 Å². The van der Waals surface area contributed by atoms with Crippen LogP contribution >= 0.6 is 0 Å². The third-order valence-corrected chi connectivity index (χ3v) is 2.93. The second-order valence-corrected chi connectivity index (χ2v) is 3.85. The van der Waals surface area contributed by atoms with Crippen LogP contribution in [0.1, 0.15) is 0 Å². The molecule has 0 saturated carbocycles. The SMILES string of the molecule is c1cc(N2CCNCC2)c2ccoc2c1. The summed E-state index contributed by atoms with van der Waals surface area (Å²) in [4.78, 5) is 2.41. The van der Waals surface area contributed by atoms with E-state index in [-0.39, 0.29) is 0 Å². The summed E-state index contributed by atoms with van der Waals surface area (Å²) in [5.74, 6) is 0. The van der Waals surface area contributed by atoms with Crippen molar-refractivity contribution >= 4 is 16.7 Å². The zero-order valence-corrected chi connectivity index (χ0v) is 8.57. The van der Waals surface area contributed by atoms with E-state index in [9.17, 15) is 0 Å². The highest BCUT2D eigenvalue weighted by atomic mass is 16.3. The van der Waals surface area contributed by atoms with Crippen molar-refractivity contribution in [1.29, 1.82) is 0 Å². The molecular formula is C12H14N2O. The maximum Gasteiger partial charge on any atom is 0.135 e. The van der Waals surface area contributed by atoms with Crippen LogP contribution in [0.3, 0.4) is 0 Å². The van der Waals surface area contributed by atoms with Gasteiger partial charge in [0, 0.05) is 37.3 Å². The Kier molecular flexibility index (Phi) is 2.10. The summed E-state index contributed by atoms with van der Waals surface area (Å²) in [6, 6.07) is 8.29. The molecule has 0 atom stereocenters. The minimum atomic E-state index is 0.978. The van der Waals surface area contributed by atoms with E-state index < -0.39 is 0 Å². The van der Waals surface area contributed by atoms with Crippen LogP contribution in [0, 0.1) is 0 Å². The monoisotopic (exact) mass is 202 g/mol. The van der Waals surface area contributed by atoms with E-state index in [1.165, 1.54) is 11.1 Å². The highest BCUT2D eigenvalue weighted by Gasteiger charge is 2.13. The number of benzene rings is 1. The molecule has 1 aliphatic heterocycles. The first-order chi connectivity index (χ1) is 7.45. The lowest BCUT2D eigenvalue weighted by Crippen LogP contribution is -2.43. The Morgan fingerprint density at radius 2 is 2.00 bits per heavy atom. The fourth-order valence-corrected chi connectivity index (χ4v) is 2.16. The van der Waals surface area contributed by atoms with Gasteiger partial charge >= 0.3 is 0 Å². The maximum absolute atomic E-state index is 5.41. The first-order valence-electron chi connectivity index (χ1n) is 5.37. The molecule has 0 aliphatic carbocycles. The van der Waals surface area contributed by atoms with E-state index in [0.717, 1.165) is 31.8 Å². The fraction of sp³-hybridized carbons (Fsp3) is 0.333. The number of piperazine rings is 1. The molecule has 2 heterocycles. The molecule has 3 rings (SSSR count). The second-order valence-electron chi connectivity index (χ2n) is 3.85. The van der Waals surface area contributed by atoms with E-state index in [1.54, 1.807) is 6.26 Å². The van der Waals surface area contributed by atoms with Gasteiger partial charge in [-0.1, -0.05) is 6.07 Å². The zero-order valence-electron chi connectivity index (χ0n) is 8.57. The number of fused-ring (bicyclic) bond motifs is 1. The van der Waals surface area contributed by atoms with Gasteiger partial charge in [-0.3, -0.25) is 0 Å². The molecule has 1 N–H and O–H groups in total. The van der Waals surface area contributed by atoms with Gasteiger partial charge in [-0.25, -0.2) is 0 Å². The maximum atomic E-state index is 5.41. The molecule has 1 aliphatic rings. The number of nitrogens with zero attached hydrogens (tertiary/aromatic N) is 1. The average molecular weight is 202 g/mol. The molecule has 78 valence electrons. The average Bonchev–Trinajstić information content (AvgIpc) is 2.78. The Morgan fingerprint density at radius 1 is 1.13 bits per heavy atom. The van der Waals surface area contributed by atoms with Gasteiger partial charge in [-0.05, 0) is 18.2 Å². The lowest BCUT2D eigenvalue weighted by atomic mass is 10.2. The second kappa shape index (κ2) is 3.59. The third kappa shape index (κ3) is 1.49. The number of nitrogens with one attached hydrogen (secondary N) is 1. The molecule has 1 fully saturated rings. The Hall–Kier alpha value is -1.48. The Labute approximate surface area is 88.7 Å². The van der Waals surface area contributed by atoms with Gasteiger partial charge in [-0.15, -0.1) is 0 Å². The highest BCUT2D eigenvalue weighted by Crippen LogP contribution is 2.27. The topological polar surface area (TPSA) is 28.4 Å². The summed E-state index contributed by atoms with van der Waals surface area (Å²) >= 11 is 0. The largest absolute Gasteiger partial charge is 0.464 e. The predicted molar refractivity (Wildman–Crippen MR) is 61.3 cm³/mol. The number of anilines is 1. The molecule has 0 amide bonds. The van der Waals surface area contributed by atoms with Crippen LogP contribution in [-0.2, 0) is 0 Å². The molecule has 1 aromatic heterocycles. The summed E-state index contributed by atoms with van der Waals surface area (Å²) in [6.45, 7) is 4.27. The van der Waals surface area contributed by atoms with E-state index in [1.807, 2.05) is 12.1 Å². The molecule has 2 aromatic rings. The summed E-state index contributed by atoms with van der Waals surface area (Å²) in [5, 5.41) is 4.58. The van der Waals surface area contributed by atoms with E-state index >= 15 is 0 Å². The van der Waals surface area contributed by atoms with Crippen molar-refractivity contribution in [2.45, 2.75) is 0 Å². The Balaban J connectivity index is 2.05. The number of hydrogen-bond acceptors (Lipinski definition) is 3. The lowest BCUT2D eigenvalue weighted by molar-refractivity contribution is 0.590. The van der Waals surface area contributed by atoms with E-state index in [2.05, 4.69) is 22.3 Å². The normalized spacial score (nSPS) is 17.2. The number of hydrogen-bond donors (Lipinski definition) is 1. The van der Waals surface area contributed by atoms with Crippen molar-refractivity contribution in [3.05, 3.63) is 30.5 Å². The number of furan rings is 1. The van der Waals surface area contributed by atoms with Crippen molar-refractivity contribution in [3.8, 4) is 0 Å². The van der Waals surface area contributed by atoms with Gasteiger partial charge < -0.3 is 14.6 Å². The molecule has 1 saturated heterocycles. The molecule has 15 heavy (non-hydrogen) atoms. The molecular weight excluding hydrogens is 188 g/mol. The summed E-state index contributed by atoms with van der Waals surface area (Å²) in [6.07, 6.45) is 1.76. The Bertz CT molecular complexity index is 457. The zero-order chi connectivity index (χ0) is 10.1. The van der Waals surface area contributed by atoms with Crippen molar-refractivity contribution in [3.63, 3.8) is 0 Å². The first-order valence-corrected chi connectivity index (χ1v) is 5.37. The molecule has 3 heteroatoms. The van der Waals surface area contributed by atoms with Crippen LogP contribution in [0.25, 0.3) is 11.0 Å². The van der Waals surface area contributed by atoms with Crippen LogP contribution in [0.15, 0.2) is 34.9 Å². The Morgan fingerprint density at radius 3 is 2.87 bits per heavy atom. The van der Waals surface area contributed by atoms with Gasteiger partial charge in [0.15, 0.2) is 0 Å². The van der Waals surface area contributed by atoms with Gasteiger partial charge in [0.05, 0.1) is 6.26 Å².